The van der Waals surface area contributed by atoms with Crippen molar-refractivity contribution in [1.29, 1.82) is 0 Å². The number of halogens is 1. The van der Waals surface area contributed by atoms with Crippen molar-refractivity contribution >= 4 is 57.9 Å². The van der Waals surface area contributed by atoms with Gasteiger partial charge in [-0.05, 0) is 139 Å². The van der Waals surface area contributed by atoms with Crippen LogP contribution >= 0.6 is 0 Å². The van der Waals surface area contributed by atoms with Gasteiger partial charge in [0.1, 0.15) is 17.5 Å². The largest absolute Gasteiger partial charge is 0.366 e. The molecule has 5 saturated heterocycles. The van der Waals surface area contributed by atoms with Gasteiger partial charge in [0.25, 0.3) is 0 Å². The Hall–Kier alpha value is -5.97. The van der Waals surface area contributed by atoms with E-state index in [9.17, 15) is 23.6 Å². The van der Waals surface area contributed by atoms with Gasteiger partial charge in [-0.3, -0.25) is 34.2 Å². The Morgan fingerprint density at radius 2 is 1.61 bits per heavy atom. The number of anilines is 3. The van der Waals surface area contributed by atoms with Gasteiger partial charge in [-0.1, -0.05) is 25.1 Å². The first-order chi connectivity index (χ1) is 35.7. The fourth-order valence-corrected chi connectivity index (χ4v) is 13.6. The molecule has 12 rings (SSSR count). The summed E-state index contributed by atoms with van der Waals surface area (Å²) in [5.74, 6) is 1.52. The number of amides is 5. The summed E-state index contributed by atoms with van der Waals surface area (Å²) < 4.78 is 16.8. The summed E-state index contributed by atoms with van der Waals surface area (Å²) in [6.45, 7) is 11.4. The molecule has 8 aliphatic rings. The molecule has 2 saturated carbocycles. The van der Waals surface area contributed by atoms with Crippen LogP contribution in [0.25, 0.3) is 22.3 Å². The first kappa shape index (κ1) is 48.9. The van der Waals surface area contributed by atoms with Gasteiger partial charge in [0.05, 0.1) is 28.9 Å². The van der Waals surface area contributed by atoms with Gasteiger partial charge in [-0.25, -0.2) is 19.3 Å². The molecule has 0 bridgehead atoms. The van der Waals surface area contributed by atoms with Gasteiger partial charge in [0.2, 0.25) is 29.5 Å². The summed E-state index contributed by atoms with van der Waals surface area (Å²) >= 11 is 0. The van der Waals surface area contributed by atoms with Crippen LogP contribution in [0.4, 0.5) is 21.7 Å². The fourth-order valence-electron chi connectivity index (χ4n) is 13.6. The van der Waals surface area contributed by atoms with E-state index in [-0.39, 0.29) is 59.5 Å². The average molecular weight is 1010 g/mol. The van der Waals surface area contributed by atoms with Crippen LogP contribution in [0.5, 0.6) is 0 Å². The molecule has 6 aliphatic heterocycles. The molecular weight excluding hydrogens is 938 g/mol. The summed E-state index contributed by atoms with van der Waals surface area (Å²) in [6, 6.07) is 13.3. The third-order valence-corrected chi connectivity index (χ3v) is 18.5. The minimum atomic E-state index is -0.795. The number of alkyl halides is 1. The van der Waals surface area contributed by atoms with Crippen LogP contribution in [-0.4, -0.2) is 140 Å². The second-order valence-electron chi connectivity index (χ2n) is 23.7. The van der Waals surface area contributed by atoms with Crippen molar-refractivity contribution in [2.45, 2.75) is 159 Å². The number of likely N-dealkylation sites (tertiary alicyclic amines) is 3. The molecule has 2 atom stereocenters. The van der Waals surface area contributed by atoms with E-state index in [0.29, 0.717) is 90.1 Å². The average Bonchev–Trinajstić information content (AvgIpc) is 4.07. The molecule has 9 heterocycles. The summed E-state index contributed by atoms with van der Waals surface area (Å²) in [5, 5.41) is 6.11. The van der Waals surface area contributed by atoms with E-state index < -0.39 is 17.0 Å². The molecule has 17 heteroatoms. The van der Waals surface area contributed by atoms with E-state index in [1.165, 1.54) is 0 Å². The van der Waals surface area contributed by atoms with Crippen molar-refractivity contribution in [2.24, 2.45) is 11.3 Å². The van der Waals surface area contributed by atoms with E-state index in [1.807, 2.05) is 28.3 Å². The molecule has 4 aromatic rings. The van der Waals surface area contributed by atoms with Crippen molar-refractivity contribution in [3.05, 3.63) is 60.0 Å². The lowest BCUT2D eigenvalue weighted by atomic mass is 9.72. The summed E-state index contributed by atoms with van der Waals surface area (Å²) in [4.78, 5) is 92.9. The lowest BCUT2D eigenvalue weighted by Crippen LogP contribution is -2.59. The van der Waals surface area contributed by atoms with Gasteiger partial charge >= 0.3 is 0 Å². The number of carbonyl (C=O) groups excluding carboxylic acids is 5. The van der Waals surface area contributed by atoms with Gasteiger partial charge in [0.15, 0.2) is 5.82 Å². The number of aromatic nitrogens is 4. The number of benzene rings is 1. The fraction of sp³-hybridized carbons (Fsp3) is 0.614. The van der Waals surface area contributed by atoms with Crippen molar-refractivity contribution in [2.75, 3.05) is 67.5 Å². The molecule has 3 aromatic heterocycles. The standard InChI is InChI=1S/C57H72FN11O5/c1-35(2)68-34-60-46-31-45(62-52(51(46)68)61-40-8-9-40)37-6-11-44-47(28-37)69(42-29-41(30-42)67-20-4-5-39(58)33-67)55(74)57(44)18-25-66(26-19-57)54(73)56(3)16-23-65(24-17-56)50(71)27-36-14-21-64(22-15-36)48-12-7-38(32-59-48)43-10-13-49(70)63-53(43)72/h6-7,11-12,28,31-32,34-36,39-43H,4-5,8-10,13-27,29-30,33H2,1-3H3,(H,61,62)(H,63,70,72)/t39-,41?,42?,43+/m0/s1. The molecule has 74 heavy (non-hydrogen) atoms. The number of nitrogens with one attached hydrogen (secondary N) is 2. The molecule has 2 aliphatic carbocycles. The van der Waals surface area contributed by atoms with E-state index >= 15 is 4.79 Å². The second-order valence-corrected chi connectivity index (χ2v) is 23.7. The lowest BCUT2D eigenvalue weighted by Gasteiger charge is -2.49. The zero-order valence-corrected chi connectivity index (χ0v) is 43.4. The van der Waals surface area contributed by atoms with E-state index in [1.54, 1.807) is 6.20 Å². The van der Waals surface area contributed by atoms with Gasteiger partial charge in [-0.15, -0.1) is 0 Å². The highest BCUT2D eigenvalue weighted by atomic mass is 19.1. The maximum Gasteiger partial charge on any atom is 0.238 e. The van der Waals surface area contributed by atoms with E-state index in [0.717, 1.165) is 115 Å². The van der Waals surface area contributed by atoms with Crippen LogP contribution < -0.4 is 20.4 Å². The number of piperidine rings is 5. The highest BCUT2D eigenvalue weighted by Gasteiger charge is 2.57. The van der Waals surface area contributed by atoms with Crippen molar-refractivity contribution in [3.63, 3.8) is 0 Å². The molecular formula is C57H72FN11O5. The van der Waals surface area contributed by atoms with Crippen LogP contribution in [0.1, 0.15) is 140 Å². The summed E-state index contributed by atoms with van der Waals surface area (Å²) in [5.41, 5.74) is 5.09. The first-order valence-corrected chi connectivity index (χ1v) is 27.9. The SMILES string of the molecule is CC(C)n1cnc2cc(-c3ccc4c(c3)N(C3CC(N5CCC[C@H](F)C5)C3)C(=O)C43CCN(C(=O)C4(C)CCN(C(=O)CC5CCN(c6ccc([C@H]7CCC(=O)NC7=O)cn6)CC5)CC4)CC3)nc(NC3CC3)c21. The monoisotopic (exact) mass is 1010 g/mol. The third kappa shape index (κ3) is 9.01. The summed E-state index contributed by atoms with van der Waals surface area (Å²) in [6.07, 6.45) is 13.6. The third-order valence-electron chi connectivity index (χ3n) is 18.5. The Kier molecular flexibility index (Phi) is 12.8. The highest BCUT2D eigenvalue weighted by molar-refractivity contribution is 6.09. The maximum absolute atomic E-state index is 15.3. The topological polar surface area (TPSA) is 169 Å². The minimum absolute atomic E-state index is 0.0137. The lowest BCUT2D eigenvalue weighted by molar-refractivity contribution is -0.149. The second kappa shape index (κ2) is 19.3. The number of rotatable bonds is 11. The van der Waals surface area contributed by atoms with Crippen LogP contribution in [0.15, 0.2) is 48.9 Å². The Morgan fingerprint density at radius 1 is 0.851 bits per heavy atom. The number of pyridine rings is 2. The Bertz CT molecular complexity index is 2840. The van der Waals surface area contributed by atoms with Crippen molar-refractivity contribution in [1.82, 2.24) is 39.5 Å². The molecule has 16 nitrogen and oxygen atoms in total. The van der Waals surface area contributed by atoms with Crippen LogP contribution in [-0.2, 0) is 29.4 Å². The van der Waals surface area contributed by atoms with E-state index in [2.05, 4.69) is 79.9 Å². The number of fused-ring (bicyclic) bond motifs is 3. The Labute approximate surface area is 433 Å². The maximum atomic E-state index is 15.3. The molecule has 1 spiro atoms. The quantitative estimate of drug-likeness (QED) is 0.145. The van der Waals surface area contributed by atoms with Gasteiger partial charge in [-0.2, -0.15) is 0 Å². The minimum Gasteiger partial charge on any atom is -0.366 e. The zero-order valence-electron chi connectivity index (χ0n) is 43.4. The van der Waals surface area contributed by atoms with Crippen LogP contribution in [0.3, 0.4) is 0 Å². The first-order valence-electron chi connectivity index (χ1n) is 27.9. The normalized spacial score (nSPS) is 26.4. The number of nitrogens with zero attached hydrogens (tertiary/aromatic N) is 9. The zero-order chi connectivity index (χ0) is 51.0. The molecule has 5 amide bonds. The van der Waals surface area contributed by atoms with Crippen molar-refractivity contribution in [3.8, 4) is 11.3 Å². The Balaban J connectivity index is 0.692. The highest BCUT2D eigenvalue weighted by Crippen LogP contribution is 2.53. The molecule has 7 fully saturated rings. The number of hydrogen-bond acceptors (Lipinski definition) is 11. The Morgan fingerprint density at radius 3 is 2.30 bits per heavy atom. The van der Waals surface area contributed by atoms with Crippen LogP contribution in [0, 0.1) is 11.3 Å². The number of carbonyl (C=O) groups is 5. The molecule has 392 valence electrons. The summed E-state index contributed by atoms with van der Waals surface area (Å²) in [7, 11) is 0. The van der Waals surface area contributed by atoms with Gasteiger partial charge < -0.3 is 29.5 Å². The predicted molar refractivity (Wildman–Crippen MR) is 280 cm³/mol. The van der Waals surface area contributed by atoms with Gasteiger partial charge in [0, 0.05) is 106 Å². The molecule has 1 aromatic carbocycles. The predicted octanol–water partition coefficient (Wildman–Crippen LogP) is 7.28. The molecule has 2 N–H and O–H groups in total. The number of hydrogen-bond donors (Lipinski definition) is 2. The smallest absolute Gasteiger partial charge is 0.238 e. The van der Waals surface area contributed by atoms with Crippen molar-refractivity contribution < 1.29 is 28.4 Å². The van der Waals surface area contributed by atoms with Crippen LogP contribution in [0.2, 0.25) is 0 Å². The van der Waals surface area contributed by atoms with E-state index in [4.69, 9.17) is 9.97 Å². The molecule has 0 radical (unpaired) electrons. The number of imidazole rings is 1. The molecule has 0 unspecified atom stereocenters. The number of imide groups is 1.